The average Bonchev–Trinajstić information content (AvgIpc) is 2.91. The molecule has 0 atom stereocenters. The second-order valence-corrected chi connectivity index (χ2v) is 5.56. The molecule has 0 fully saturated rings. The summed E-state index contributed by atoms with van der Waals surface area (Å²) in [7, 11) is 0. The Morgan fingerprint density at radius 2 is 1.96 bits per heavy atom. The Balaban J connectivity index is 2.03. The normalized spacial score (nSPS) is 11.3. The van der Waals surface area contributed by atoms with E-state index < -0.39 is 12.3 Å². The number of alkyl halides is 3. The van der Waals surface area contributed by atoms with E-state index in [1.54, 1.807) is 34.9 Å². The van der Waals surface area contributed by atoms with Gasteiger partial charge in [-0.2, -0.15) is 5.26 Å². The third-order valence-corrected chi connectivity index (χ3v) is 3.76. The highest BCUT2D eigenvalue weighted by atomic mass is 19.4. The van der Waals surface area contributed by atoms with E-state index in [9.17, 15) is 18.0 Å². The molecule has 2 aromatic carbocycles. The third kappa shape index (κ3) is 3.62. The van der Waals surface area contributed by atoms with E-state index in [2.05, 4.69) is 4.74 Å². The van der Waals surface area contributed by atoms with Gasteiger partial charge in [0.2, 0.25) is 0 Å². The molecule has 3 aromatic rings. The third-order valence-electron chi connectivity index (χ3n) is 3.76. The lowest BCUT2D eigenvalue weighted by Crippen LogP contribution is -2.18. The van der Waals surface area contributed by atoms with Crippen molar-refractivity contribution in [3.05, 3.63) is 65.4 Å². The number of nitrogens with two attached hydrogens (primary N) is 1. The van der Waals surface area contributed by atoms with Gasteiger partial charge in [0, 0.05) is 17.4 Å². The van der Waals surface area contributed by atoms with Crippen LogP contribution >= 0.6 is 0 Å². The quantitative estimate of drug-likeness (QED) is 0.773. The van der Waals surface area contributed by atoms with Crippen LogP contribution in [0.25, 0.3) is 10.9 Å². The molecule has 0 bridgehead atoms. The molecule has 1 aromatic heterocycles. The summed E-state index contributed by atoms with van der Waals surface area (Å²) in [6.45, 7) is 0.114. The molecule has 0 saturated carbocycles. The second-order valence-electron chi connectivity index (χ2n) is 5.56. The molecular weight excluding hydrogens is 347 g/mol. The number of hydrogen-bond acceptors (Lipinski definition) is 3. The van der Waals surface area contributed by atoms with Gasteiger partial charge >= 0.3 is 6.36 Å². The molecule has 0 saturated heterocycles. The lowest BCUT2D eigenvalue weighted by Gasteiger charge is -2.12. The number of primary amides is 1. The predicted molar refractivity (Wildman–Crippen MR) is 87.4 cm³/mol. The van der Waals surface area contributed by atoms with E-state index >= 15 is 0 Å². The minimum absolute atomic E-state index is 0.114. The first kappa shape index (κ1) is 17.4. The number of nitrogens with zero attached hydrogens (tertiary/aromatic N) is 2. The number of nitriles is 1. The maximum atomic E-state index is 12.4. The molecule has 26 heavy (non-hydrogen) atoms. The molecule has 0 aliphatic rings. The summed E-state index contributed by atoms with van der Waals surface area (Å²) in [6, 6.07) is 13.9. The van der Waals surface area contributed by atoms with E-state index in [0.717, 1.165) is 0 Å². The fraction of sp³-hybridized carbons (Fsp3) is 0.111. The zero-order valence-electron chi connectivity index (χ0n) is 13.2. The van der Waals surface area contributed by atoms with Gasteiger partial charge < -0.3 is 15.0 Å². The molecule has 1 amide bonds. The molecular formula is C18H12F3N3O2. The smallest absolute Gasteiger partial charge is 0.406 e. The highest BCUT2D eigenvalue weighted by molar-refractivity contribution is 5.98. The summed E-state index contributed by atoms with van der Waals surface area (Å²) < 4.78 is 42.7. The zero-order valence-corrected chi connectivity index (χ0v) is 13.2. The van der Waals surface area contributed by atoms with E-state index in [0.29, 0.717) is 22.0 Å². The minimum atomic E-state index is -4.79. The largest absolute Gasteiger partial charge is 0.573 e. The number of halogens is 3. The zero-order chi connectivity index (χ0) is 18.9. The van der Waals surface area contributed by atoms with E-state index in [1.807, 2.05) is 6.07 Å². The van der Waals surface area contributed by atoms with Crippen LogP contribution in [0.5, 0.6) is 5.75 Å². The number of benzene rings is 2. The molecule has 5 nitrogen and oxygen atoms in total. The summed E-state index contributed by atoms with van der Waals surface area (Å²) in [5.74, 6) is -1.03. The Kier molecular flexibility index (Phi) is 4.30. The van der Waals surface area contributed by atoms with Crippen molar-refractivity contribution in [3.63, 3.8) is 0 Å². The van der Waals surface area contributed by atoms with Crippen molar-refractivity contribution in [1.82, 2.24) is 4.57 Å². The predicted octanol–water partition coefficient (Wildman–Crippen LogP) is 3.56. The van der Waals surface area contributed by atoms with Gasteiger partial charge in [-0.3, -0.25) is 4.79 Å². The average molecular weight is 359 g/mol. The molecule has 1 heterocycles. The van der Waals surface area contributed by atoms with Crippen molar-refractivity contribution in [2.24, 2.45) is 5.73 Å². The number of fused-ring (bicyclic) bond motifs is 1. The number of carbonyl (C=O) groups is 1. The first-order valence-electron chi connectivity index (χ1n) is 7.45. The number of carbonyl (C=O) groups excluding carboxylic acids is 1. The van der Waals surface area contributed by atoms with Gasteiger partial charge in [-0.15, -0.1) is 13.2 Å². The molecule has 0 aliphatic carbocycles. The van der Waals surface area contributed by atoms with E-state index in [-0.39, 0.29) is 18.0 Å². The monoisotopic (exact) mass is 359 g/mol. The van der Waals surface area contributed by atoms with Crippen molar-refractivity contribution in [3.8, 4) is 11.8 Å². The van der Waals surface area contributed by atoms with Gasteiger partial charge in [-0.25, -0.2) is 0 Å². The van der Waals surface area contributed by atoms with Crippen molar-refractivity contribution in [1.29, 1.82) is 5.26 Å². The van der Waals surface area contributed by atoms with Crippen molar-refractivity contribution >= 4 is 16.8 Å². The molecule has 0 unspecified atom stereocenters. The molecule has 132 valence electrons. The number of ether oxygens (including phenoxy) is 1. The lowest BCUT2D eigenvalue weighted by atomic mass is 10.1. The van der Waals surface area contributed by atoms with Crippen LogP contribution < -0.4 is 10.5 Å². The van der Waals surface area contributed by atoms with Crippen LogP contribution in [0.3, 0.4) is 0 Å². The highest BCUT2D eigenvalue weighted by Crippen LogP contribution is 2.26. The fourth-order valence-electron chi connectivity index (χ4n) is 2.74. The molecule has 3 rings (SSSR count). The van der Waals surface area contributed by atoms with Crippen molar-refractivity contribution in [2.45, 2.75) is 12.9 Å². The van der Waals surface area contributed by atoms with Crippen LogP contribution in [0, 0.1) is 11.3 Å². The maximum Gasteiger partial charge on any atom is 0.573 e. The Morgan fingerprint density at radius 3 is 2.62 bits per heavy atom. The van der Waals surface area contributed by atoms with Gasteiger partial charge in [-0.1, -0.05) is 12.1 Å². The van der Waals surface area contributed by atoms with Crippen LogP contribution in [-0.4, -0.2) is 16.8 Å². The number of aromatic nitrogens is 1. The minimum Gasteiger partial charge on any atom is -0.406 e. The molecule has 0 spiro atoms. The van der Waals surface area contributed by atoms with Gasteiger partial charge in [0.25, 0.3) is 5.91 Å². The van der Waals surface area contributed by atoms with E-state index in [4.69, 9.17) is 11.0 Å². The van der Waals surface area contributed by atoms with Gasteiger partial charge in [0.15, 0.2) is 0 Å². The van der Waals surface area contributed by atoms with Gasteiger partial charge in [0.05, 0.1) is 11.6 Å². The topological polar surface area (TPSA) is 81.0 Å². The van der Waals surface area contributed by atoms with Crippen LogP contribution in [0.2, 0.25) is 0 Å². The Morgan fingerprint density at radius 1 is 1.19 bits per heavy atom. The summed E-state index contributed by atoms with van der Waals surface area (Å²) in [4.78, 5) is 11.8. The highest BCUT2D eigenvalue weighted by Gasteiger charge is 2.31. The Labute approximate surface area is 146 Å². The first-order chi connectivity index (χ1) is 12.3. The standard InChI is InChI=1S/C18H12F3N3O2/c19-18(20,21)26-14-3-1-2-12(7-14)10-24-15-5-4-11(9-22)6-13(15)8-16(24)17(23)25/h1-8H,10H2,(H2,23,25). The molecule has 8 heteroatoms. The lowest BCUT2D eigenvalue weighted by molar-refractivity contribution is -0.274. The summed E-state index contributed by atoms with van der Waals surface area (Å²) >= 11 is 0. The maximum absolute atomic E-state index is 12.4. The summed E-state index contributed by atoms with van der Waals surface area (Å²) in [6.07, 6.45) is -4.79. The number of hydrogen-bond donors (Lipinski definition) is 1. The fourth-order valence-corrected chi connectivity index (χ4v) is 2.74. The summed E-state index contributed by atoms with van der Waals surface area (Å²) in [5, 5.41) is 9.63. The molecule has 0 aliphatic heterocycles. The van der Waals surface area contributed by atoms with Gasteiger partial charge in [-0.05, 0) is 42.0 Å². The molecule has 0 radical (unpaired) electrons. The first-order valence-corrected chi connectivity index (χ1v) is 7.45. The number of rotatable bonds is 4. The van der Waals surface area contributed by atoms with Crippen molar-refractivity contribution < 1.29 is 22.7 Å². The van der Waals surface area contributed by atoms with Crippen LogP contribution in [-0.2, 0) is 6.54 Å². The Bertz CT molecular complexity index is 1030. The Hall–Kier alpha value is -3.47. The SMILES string of the molecule is N#Cc1ccc2c(c1)cc(C(N)=O)n2Cc1cccc(OC(F)(F)F)c1. The molecule has 2 N–H and O–H groups in total. The summed E-state index contributed by atoms with van der Waals surface area (Å²) in [5.41, 5.74) is 7.17. The van der Waals surface area contributed by atoms with E-state index in [1.165, 1.54) is 18.2 Å². The van der Waals surface area contributed by atoms with Crippen LogP contribution in [0.4, 0.5) is 13.2 Å². The van der Waals surface area contributed by atoms with Crippen LogP contribution in [0.15, 0.2) is 48.5 Å². The van der Waals surface area contributed by atoms with Gasteiger partial charge in [0.1, 0.15) is 11.4 Å². The second kappa shape index (κ2) is 6.44. The number of amides is 1. The van der Waals surface area contributed by atoms with Crippen molar-refractivity contribution in [2.75, 3.05) is 0 Å². The van der Waals surface area contributed by atoms with Crippen LogP contribution in [0.1, 0.15) is 21.6 Å².